The minimum atomic E-state index is -1.61. The van der Waals surface area contributed by atoms with E-state index in [9.17, 15) is 30.0 Å². The van der Waals surface area contributed by atoms with Gasteiger partial charge in [0.2, 0.25) is 0 Å². The van der Waals surface area contributed by atoms with Crippen molar-refractivity contribution >= 4 is 11.9 Å². The van der Waals surface area contributed by atoms with Gasteiger partial charge in [-0.15, -0.1) is 0 Å². The smallest absolute Gasteiger partial charge is 0.306 e. The third-order valence-electron chi connectivity index (χ3n) is 9.55. The number of hydrogen-bond donors (Lipinski definition) is 4. The molecule has 1 aliphatic heterocycles. The summed E-state index contributed by atoms with van der Waals surface area (Å²) in [4.78, 5) is 25.3. The van der Waals surface area contributed by atoms with E-state index in [1.54, 1.807) is 0 Å². The number of rotatable bonds is 35. The Hall–Kier alpha value is -3.38. The van der Waals surface area contributed by atoms with Crippen LogP contribution in [-0.4, -0.2) is 89.0 Å². The minimum Gasteiger partial charge on any atom is -0.462 e. The maximum atomic E-state index is 12.8. The highest BCUT2D eigenvalue weighted by molar-refractivity contribution is 5.70. The van der Waals surface area contributed by atoms with Crippen molar-refractivity contribution < 1.29 is 49.0 Å². The number of hydrogen-bond acceptors (Lipinski definition) is 10. The van der Waals surface area contributed by atoms with Crippen LogP contribution in [0.2, 0.25) is 0 Å². The van der Waals surface area contributed by atoms with E-state index in [4.69, 9.17) is 18.9 Å². The predicted molar refractivity (Wildman–Crippen MR) is 237 cm³/mol. The molecule has 0 aliphatic carbocycles. The van der Waals surface area contributed by atoms with Crippen molar-refractivity contribution in [3.8, 4) is 0 Å². The topological polar surface area (TPSA) is 152 Å². The van der Waals surface area contributed by atoms with Crippen LogP contribution >= 0.6 is 0 Å². The Kier molecular flexibility index (Phi) is 35.3. The highest BCUT2D eigenvalue weighted by atomic mass is 16.7. The van der Waals surface area contributed by atoms with Crippen molar-refractivity contribution in [2.45, 2.75) is 179 Å². The summed E-state index contributed by atoms with van der Waals surface area (Å²) in [7, 11) is 0. The molecule has 10 heteroatoms. The molecule has 1 heterocycles. The number of aliphatic hydroxyl groups is 4. The molecule has 0 aromatic carbocycles. The third kappa shape index (κ3) is 30.3. The second kappa shape index (κ2) is 38.8. The van der Waals surface area contributed by atoms with Crippen LogP contribution < -0.4 is 0 Å². The lowest BCUT2D eigenvalue weighted by Crippen LogP contribution is -2.59. The third-order valence-corrected chi connectivity index (χ3v) is 9.55. The number of carbonyl (C=O) groups excluding carboxylic acids is 2. The molecule has 0 amide bonds. The Morgan fingerprint density at radius 3 is 1.68 bits per heavy atom. The van der Waals surface area contributed by atoms with Gasteiger partial charge in [0.1, 0.15) is 31.0 Å². The summed E-state index contributed by atoms with van der Waals surface area (Å²) in [6, 6.07) is 0. The Bertz CT molecular complexity index is 1280. The molecule has 334 valence electrons. The minimum absolute atomic E-state index is 0.180. The number of esters is 2. The van der Waals surface area contributed by atoms with E-state index in [-0.39, 0.29) is 26.1 Å². The van der Waals surface area contributed by atoms with Gasteiger partial charge >= 0.3 is 11.9 Å². The van der Waals surface area contributed by atoms with Crippen molar-refractivity contribution in [1.29, 1.82) is 0 Å². The Balaban J connectivity index is 2.39. The van der Waals surface area contributed by atoms with Crippen LogP contribution in [-0.2, 0) is 28.5 Å². The summed E-state index contributed by atoms with van der Waals surface area (Å²) in [5.41, 5.74) is 0. The van der Waals surface area contributed by atoms with Gasteiger partial charge in [0.05, 0.1) is 13.2 Å². The second-order valence-corrected chi connectivity index (χ2v) is 14.9. The standard InChI is InChI=1S/C49H78O10/c1-3-5-7-9-11-13-15-17-19-20-21-22-24-26-28-30-32-34-36-38-45(52)58-42(41-57-49-48(55)47(54)46(53)43(39-50)59-49)40-56-44(51)37-35-33-31-29-27-25-23-18-16-14-12-10-8-6-4-2/h6,8,10-14,16-19,21-23,26,28,42-43,46-50,53-55H,3-5,7,9,15,20,24-25,27,29-41H2,1-2H3/b8-6+,12-10+,13-11+,16-14+,19-17+,22-21+,23-18+,28-26+/t42-,43-,46+,47?,48?,49-/m1/s1. The number of allylic oxidation sites excluding steroid dienone is 16. The summed E-state index contributed by atoms with van der Waals surface area (Å²) in [6.07, 6.45) is 44.0. The lowest BCUT2D eigenvalue weighted by molar-refractivity contribution is -0.305. The van der Waals surface area contributed by atoms with Crippen LogP contribution in [0.4, 0.5) is 0 Å². The quantitative estimate of drug-likeness (QED) is 0.0210. The van der Waals surface area contributed by atoms with Gasteiger partial charge in [-0.1, -0.05) is 150 Å². The molecule has 0 aromatic heterocycles. The molecule has 2 unspecified atom stereocenters. The van der Waals surface area contributed by atoms with Crippen LogP contribution in [0.25, 0.3) is 0 Å². The normalized spacial score (nSPS) is 20.9. The van der Waals surface area contributed by atoms with E-state index < -0.39 is 55.4 Å². The fourth-order valence-electron chi connectivity index (χ4n) is 6.00. The zero-order valence-electron chi connectivity index (χ0n) is 36.2. The highest BCUT2D eigenvalue weighted by Gasteiger charge is 2.44. The monoisotopic (exact) mass is 827 g/mol. The first-order valence-corrected chi connectivity index (χ1v) is 22.4. The van der Waals surface area contributed by atoms with Gasteiger partial charge in [0, 0.05) is 12.8 Å². The molecule has 6 atom stereocenters. The molecule has 0 aromatic rings. The molecule has 10 nitrogen and oxygen atoms in total. The molecule has 1 saturated heterocycles. The number of aliphatic hydroxyl groups excluding tert-OH is 4. The molecular formula is C49H78O10. The van der Waals surface area contributed by atoms with E-state index >= 15 is 0 Å². The summed E-state index contributed by atoms with van der Waals surface area (Å²) in [5.74, 6) is -0.881. The largest absolute Gasteiger partial charge is 0.462 e. The Morgan fingerprint density at radius 2 is 1.07 bits per heavy atom. The lowest BCUT2D eigenvalue weighted by Gasteiger charge is -2.39. The van der Waals surface area contributed by atoms with E-state index in [2.05, 4.69) is 80.7 Å². The summed E-state index contributed by atoms with van der Waals surface area (Å²) in [6.45, 7) is 3.17. The predicted octanol–water partition coefficient (Wildman–Crippen LogP) is 9.55. The number of unbranched alkanes of at least 4 members (excludes halogenated alkanes) is 11. The van der Waals surface area contributed by atoms with Crippen molar-refractivity contribution in [2.24, 2.45) is 0 Å². The fraction of sp³-hybridized carbons (Fsp3) is 0.633. The van der Waals surface area contributed by atoms with Gasteiger partial charge in [0.25, 0.3) is 0 Å². The zero-order chi connectivity index (χ0) is 43.0. The van der Waals surface area contributed by atoms with Gasteiger partial charge < -0.3 is 39.4 Å². The molecular weight excluding hydrogens is 749 g/mol. The second-order valence-electron chi connectivity index (χ2n) is 14.9. The van der Waals surface area contributed by atoms with Gasteiger partial charge in [-0.25, -0.2) is 0 Å². The van der Waals surface area contributed by atoms with Crippen LogP contribution in [0.1, 0.15) is 142 Å². The van der Waals surface area contributed by atoms with Crippen molar-refractivity contribution in [3.63, 3.8) is 0 Å². The van der Waals surface area contributed by atoms with Gasteiger partial charge in [-0.3, -0.25) is 9.59 Å². The average Bonchev–Trinajstić information content (AvgIpc) is 3.23. The number of carbonyl (C=O) groups is 2. The molecule has 0 saturated carbocycles. The first-order valence-electron chi connectivity index (χ1n) is 22.4. The molecule has 1 rings (SSSR count). The number of ether oxygens (including phenoxy) is 4. The zero-order valence-corrected chi connectivity index (χ0v) is 36.2. The van der Waals surface area contributed by atoms with E-state index in [0.717, 1.165) is 77.0 Å². The molecule has 0 bridgehead atoms. The van der Waals surface area contributed by atoms with E-state index in [0.29, 0.717) is 12.8 Å². The summed E-state index contributed by atoms with van der Waals surface area (Å²) in [5, 5.41) is 40.1. The van der Waals surface area contributed by atoms with Crippen LogP contribution in [0.3, 0.4) is 0 Å². The highest BCUT2D eigenvalue weighted by Crippen LogP contribution is 2.22. The molecule has 4 N–H and O–H groups in total. The maximum absolute atomic E-state index is 12.8. The van der Waals surface area contributed by atoms with Crippen LogP contribution in [0.5, 0.6) is 0 Å². The Morgan fingerprint density at radius 1 is 0.559 bits per heavy atom. The summed E-state index contributed by atoms with van der Waals surface area (Å²) < 4.78 is 22.1. The van der Waals surface area contributed by atoms with Crippen molar-refractivity contribution in [1.82, 2.24) is 0 Å². The lowest BCUT2D eigenvalue weighted by atomic mass is 9.99. The molecule has 1 fully saturated rings. The maximum Gasteiger partial charge on any atom is 0.306 e. The van der Waals surface area contributed by atoms with Gasteiger partial charge in [-0.05, 0) is 77.0 Å². The molecule has 1 aliphatic rings. The first-order chi connectivity index (χ1) is 28.8. The first kappa shape index (κ1) is 53.6. The van der Waals surface area contributed by atoms with E-state index in [1.807, 2.05) is 30.4 Å². The average molecular weight is 827 g/mol. The van der Waals surface area contributed by atoms with Gasteiger partial charge in [-0.2, -0.15) is 0 Å². The molecule has 0 radical (unpaired) electrons. The summed E-state index contributed by atoms with van der Waals surface area (Å²) >= 11 is 0. The van der Waals surface area contributed by atoms with Crippen molar-refractivity contribution in [2.75, 3.05) is 19.8 Å². The van der Waals surface area contributed by atoms with E-state index in [1.165, 1.54) is 25.7 Å². The van der Waals surface area contributed by atoms with Crippen LogP contribution in [0, 0.1) is 0 Å². The Labute approximate surface area is 356 Å². The SMILES string of the molecule is CC/C=C/C=C/C=C/C=C/CCCCCCCC(=O)OC[C@H](CO[C@@H]1O[C@H](CO)[C@H](O)C(O)C1O)OC(=O)CCCCC/C=C/C/C=C/C/C=C/C/C=C/CCCCC. The molecule has 59 heavy (non-hydrogen) atoms. The molecule has 0 spiro atoms. The fourth-order valence-corrected chi connectivity index (χ4v) is 6.00. The van der Waals surface area contributed by atoms with Crippen molar-refractivity contribution in [3.05, 3.63) is 97.2 Å². The van der Waals surface area contributed by atoms with Crippen LogP contribution in [0.15, 0.2) is 97.2 Å². The van der Waals surface area contributed by atoms with Gasteiger partial charge in [0.15, 0.2) is 12.4 Å².